The maximum Gasteiger partial charge on any atom is 0.125 e. The van der Waals surface area contributed by atoms with Crippen LogP contribution in [-0.4, -0.2) is 0 Å². The summed E-state index contributed by atoms with van der Waals surface area (Å²) in [6.07, 6.45) is 0. The molecule has 0 aromatic heterocycles. The Morgan fingerprint density at radius 1 is 1.28 bits per heavy atom. The number of nitriles is 1. The summed E-state index contributed by atoms with van der Waals surface area (Å²) >= 11 is 5.92. The zero-order chi connectivity index (χ0) is 13.1. The first-order chi connectivity index (χ1) is 8.60. The molecule has 2 aromatic carbocycles. The molecule has 0 saturated heterocycles. The minimum absolute atomic E-state index is 0.321. The highest BCUT2D eigenvalue weighted by Gasteiger charge is 2.07. The summed E-state index contributed by atoms with van der Waals surface area (Å²) < 4.78 is 13.3. The van der Waals surface area contributed by atoms with Gasteiger partial charge in [-0.15, -0.1) is 0 Å². The van der Waals surface area contributed by atoms with Crippen molar-refractivity contribution in [2.24, 2.45) is 0 Å². The van der Waals surface area contributed by atoms with Crippen molar-refractivity contribution < 1.29 is 4.39 Å². The Morgan fingerprint density at radius 2 is 2.06 bits per heavy atom. The molecule has 2 aromatic rings. The number of aryl methyl sites for hydroxylation is 1. The number of nitrogens with zero attached hydrogens (tertiary/aromatic N) is 1. The molecule has 2 rings (SSSR count). The average Bonchev–Trinajstić information content (AvgIpc) is 2.27. The lowest BCUT2D eigenvalue weighted by molar-refractivity contribution is 0.627. The lowest BCUT2D eigenvalue weighted by Gasteiger charge is -2.10. The van der Waals surface area contributed by atoms with Crippen molar-refractivity contribution in [2.45, 2.75) is 6.92 Å². The molecule has 0 radical (unpaired) electrons. The highest BCUT2D eigenvalue weighted by molar-refractivity contribution is 6.32. The number of anilines is 2. The van der Waals surface area contributed by atoms with Crippen molar-refractivity contribution in [3.05, 3.63) is 58.4 Å². The van der Waals surface area contributed by atoms with Crippen LogP contribution in [0.1, 0.15) is 11.1 Å². The highest BCUT2D eigenvalue weighted by atomic mass is 35.5. The number of hydrogen-bond acceptors (Lipinski definition) is 2. The maximum absolute atomic E-state index is 13.3. The summed E-state index contributed by atoms with van der Waals surface area (Å²) in [5, 5.41) is 12.4. The van der Waals surface area contributed by atoms with Crippen molar-refractivity contribution in [1.82, 2.24) is 0 Å². The third-order valence-corrected chi connectivity index (χ3v) is 2.76. The first kappa shape index (κ1) is 12.4. The zero-order valence-electron chi connectivity index (χ0n) is 9.67. The van der Waals surface area contributed by atoms with Crippen molar-refractivity contribution in [3.8, 4) is 6.07 Å². The second kappa shape index (κ2) is 5.07. The number of hydrogen-bond donors (Lipinski definition) is 1. The molecule has 0 aliphatic carbocycles. The molecular formula is C14H10ClFN2. The van der Waals surface area contributed by atoms with Gasteiger partial charge < -0.3 is 5.32 Å². The monoisotopic (exact) mass is 260 g/mol. The van der Waals surface area contributed by atoms with E-state index in [0.717, 1.165) is 5.56 Å². The van der Waals surface area contributed by atoms with Gasteiger partial charge in [-0.2, -0.15) is 5.26 Å². The molecule has 0 heterocycles. The van der Waals surface area contributed by atoms with Crippen molar-refractivity contribution in [1.29, 1.82) is 5.26 Å². The molecule has 0 unspecified atom stereocenters. The number of halogens is 2. The Bertz CT molecular complexity index is 612. The van der Waals surface area contributed by atoms with Crippen molar-refractivity contribution >= 4 is 23.0 Å². The molecule has 0 amide bonds. The molecule has 0 saturated carbocycles. The summed E-state index contributed by atoms with van der Waals surface area (Å²) in [4.78, 5) is 0. The normalized spacial score (nSPS) is 9.89. The van der Waals surface area contributed by atoms with Gasteiger partial charge in [0.2, 0.25) is 0 Å². The van der Waals surface area contributed by atoms with Crippen LogP contribution in [0.4, 0.5) is 15.8 Å². The Labute approximate surface area is 110 Å². The molecule has 18 heavy (non-hydrogen) atoms. The van der Waals surface area contributed by atoms with Gasteiger partial charge in [-0.1, -0.05) is 17.7 Å². The standard InChI is InChI=1S/C14H10ClFN2/c1-9-5-10(16)7-11(6-9)18-14-4-2-3-13(15)12(14)8-17/h2-7,18H,1H3. The molecule has 0 aliphatic heterocycles. The number of benzene rings is 2. The predicted octanol–water partition coefficient (Wildman–Crippen LogP) is 4.40. The van der Waals surface area contributed by atoms with Crippen LogP contribution in [0.15, 0.2) is 36.4 Å². The molecule has 0 fully saturated rings. The summed E-state index contributed by atoms with van der Waals surface area (Å²) in [7, 11) is 0. The third kappa shape index (κ3) is 2.61. The fourth-order valence-electron chi connectivity index (χ4n) is 1.71. The Balaban J connectivity index is 2.40. The lowest BCUT2D eigenvalue weighted by Crippen LogP contribution is -1.95. The van der Waals surface area contributed by atoms with Crippen LogP contribution in [0.5, 0.6) is 0 Å². The van der Waals surface area contributed by atoms with Crippen LogP contribution >= 0.6 is 11.6 Å². The fraction of sp³-hybridized carbons (Fsp3) is 0.0714. The quantitative estimate of drug-likeness (QED) is 0.869. The van der Waals surface area contributed by atoms with Crippen molar-refractivity contribution in [2.75, 3.05) is 5.32 Å². The minimum atomic E-state index is -0.321. The largest absolute Gasteiger partial charge is 0.354 e. The van der Waals surface area contributed by atoms with E-state index < -0.39 is 0 Å². The SMILES string of the molecule is Cc1cc(F)cc(Nc2cccc(Cl)c2C#N)c1. The van der Waals surface area contributed by atoms with E-state index in [-0.39, 0.29) is 5.82 Å². The van der Waals surface area contributed by atoms with Crippen LogP contribution in [-0.2, 0) is 0 Å². The average molecular weight is 261 g/mol. The second-order valence-electron chi connectivity index (χ2n) is 3.92. The first-order valence-corrected chi connectivity index (χ1v) is 5.71. The van der Waals surface area contributed by atoms with Crippen LogP contribution < -0.4 is 5.32 Å². The molecule has 1 N–H and O–H groups in total. The molecule has 90 valence electrons. The first-order valence-electron chi connectivity index (χ1n) is 5.33. The van der Waals surface area contributed by atoms with Crippen LogP contribution in [0.3, 0.4) is 0 Å². The van der Waals surface area contributed by atoms with E-state index in [1.807, 2.05) is 6.07 Å². The van der Waals surface area contributed by atoms with Crippen LogP contribution in [0.25, 0.3) is 0 Å². The van der Waals surface area contributed by atoms with E-state index in [1.54, 1.807) is 31.2 Å². The Kier molecular flexibility index (Phi) is 3.50. The number of rotatable bonds is 2. The van der Waals surface area contributed by atoms with Gasteiger partial charge in [-0.3, -0.25) is 0 Å². The number of nitrogens with one attached hydrogen (secondary N) is 1. The van der Waals surface area contributed by atoms with Crippen molar-refractivity contribution in [3.63, 3.8) is 0 Å². The predicted molar refractivity (Wildman–Crippen MR) is 70.6 cm³/mol. The van der Waals surface area contributed by atoms with E-state index in [2.05, 4.69) is 5.32 Å². The van der Waals surface area contributed by atoms with Crippen LogP contribution in [0.2, 0.25) is 5.02 Å². The summed E-state index contributed by atoms with van der Waals surface area (Å²) in [5.41, 5.74) is 2.31. The van der Waals surface area contributed by atoms with E-state index in [0.29, 0.717) is 22.0 Å². The molecular weight excluding hydrogens is 251 g/mol. The van der Waals surface area contributed by atoms with E-state index in [9.17, 15) is 4.39 Å². The third-order valence-electron chi connectivity index (χ3n) is 2.45. The minimum Gasteiger partial charge on any atom is -0.354 e. The molecule has 0 bridgehead atoms. The van der Waals surface area contributed by atoms with Gasteiger partial charge in [0, 0.05) is 5.69 Å². The van der Waals surface area contributed by atoms with Crippen LogP contribution in [0, 0.1) is 24.1 Å². The van der Waals surface area contributed by atoms with Gasteiger partial charge in [0.25, 0.3) is 0 Å². The van der Waals surface area contributed by atoms with Gasteiger partial charge in [0.15, 0.2) is 0 Å². The summed E-state index contributed by atoms with van der Waals surface area (Å²) in [6.45, 7) is 1.80. The van der Waals surface area contributed by atoms with Gasteiger partial charge in [0.05, 0.1) is 16.3 Å². The molecule has 0 atom stereocenters. The van der Waals surface area contributed by atoms with Gasteiger partial charge in [-0.25, -0.2) is 4.39 Å². The molecule has 4 heteroatoms. The highest BCUT2D eigenvalue weighted by Crippen LogP contribution is 2.27. The van der Waals surface area contributed by atoms with E-state index in [1.165, 1.54) is 12.1 Å². The molecule has 2 nitrogen and oxygen atoms in total. The zero-order valence-corrected chi connectivity index (χ0v) is 10.4. The fourth-order valence-corrected chi connectivity index (χ4v) is 1.92. The van der Waals surface area contributed by atoms with Gasteiger partial charge in [-0.05, 0) is 42.8 Å². The lowest BCUT2D eigenvalue weighted by atomic mass is 10.1. The Hall–Kier alpha value is -2.05. The summed E-state index contributed by atoms with van der Waals surface area (Å²) in [6, 6.07) is 11.7. The van der Waals surface area contributed by atoms with E-state index >= 15 is 0 Å². The molecule has 0 spiro atoms. The topological polar surface area (TPSA) is 35.8 Å². The summed E-state index contributed by atoms with van der Waals surface area (Å²) in [5.74, 6) is -0.321. The van der Waals surface area contributed by atoms with Gasteiger partial charge in [0.1, 0.15) is 11.9 Å². The molecule has 0 aliphatic rings. The smallest absolute Gasteiger partial charge is 0.125 e. The van der Waals surface area contributed by atoms with E-state index in [4.69, 9.17) is 16.9 Å². The Morgan fingerprint density at radius 3 is 2.72 bits per heavy atom. The second-order valence-corrected chi connectivity index (χ2v) is 4.32. The maximum atomic E-state index is 13.3. The van der Waals surface area contributed by atoms with Gasteiger partial charge >= 0.3 is 0 Å².